The first-order valence-corrected chi connectivity index (χ1v) is 30.1. The van der Waals surface area contributed by atoms with Crippen LogP contribution in [0.5, 0.6) is 0 Å². The van der Waals surface area contributed by atoms with Crippen molar-refractivity contribution >= 4 is 19.7 Å². The molecule has 0 fully saturated rings. The van der Waals surface area contributed by atoms with Crippen LogP contribution in [0, 0.1) is 0 Å². The third-order valence-corrected chi connectivity index (χ3v) is 13.8. The SMILES string of the molecule is CCCC/C=C\CCCCCCCC(=O)OC(/C=C/CCCCCCCCCCCCC)C(COP(=O)([O-])OCC[N+](C)(C)C)NC(=O)CCCCCCCCCCCCCCCCCCC. The number of phosphoric ester groups is 1. The summed E-state index contributed by atoms with van der Waals surface area (Å²) in [5.74, 6) is -0.540. The lowest BCUT2D eigenvalue weighted by molar-refractivity contribution is -0.870. The van der Waals surface area contributed by atoms with E-state index in [9.17, 15) is 19.0 Å². The first-order valence-electron chi connectivity index (χ1n) is 28.6. The second-order valence-electron chi connectivity index (χ2n) is 20.8. The van der Waals surface area contributed by atoms with Crippen LogP contribution in [0.1, 0.15) is 278 Å². The Hall–Kier alpha value is -1.51. The topological polar surface area (TPSA) is 114 Å². The van der Waals surface area contributed by atoms with Crippen LogP contribution in [0.3, 0.4) is 0 Å². The smallest absolute Gasteiger partial charge is 0.306 e. The summed E-state index contributed by atoms with van der Waals surface area (Å²) in [5.41, 5.74) is 0. The van der Waals surface area contributed by atoms with Crippen molar-refractivity contribution in [2.45, 2.75) is 290 Å². The Kier molecular flexibility index (Phi) is 47.0. The molecule has 396 valence electrons. The first-order chi connectivity index (χ1) is 32.4. The molecule has 0 aliphatic rings. The molecule has 0 spiro atoms. The van der Waals surface area contributed by atoms with Gasteiger partial charge < -0.3 is 28.5 Å². The van der Waals surface area contributed by atoms with Crippen LogP contribution in [-0.2, 0) is 27.9 Å². The summed E-state index contributed by atoms with van der Waals surface area (Å²) >= 11 is 0. The standard InChI is InChI=1S/C57H111N2O7P/c1-7-10-13-16-19-22-25-27-28-29-30-32-35-37-40-43-46-49-56(60)58-54(53-65-67(62,63)64-52-51-59(4,5)6)55(48-45-42-39-36-34-31-26-23-20-17-14-11-8-2)66-57(61)50-47-44-41-38-33-24-21-18-15-12-9-3/h18,21,45,48,54-55H,7-17,19-20,22-44,46-47,49-53H2,1-6H3,(H-,58,60,62,63)/b21-18-,48-45+. The average Bonchev–Trinajstić information content (AvgIpc) is 3.28. The monoisotopic (exact) mass is 967 g/mol. The van der Waals surface area contributed by atoms with Crippen molar-refractivity contribution in [3.05, 3.63) is 24.3 Å². The van der Waals surface area contributed by atoms with Crippen LogP contribution in [-0.4, -0.2) is 69.4 Å². The number of hydrogen-bond donors (Lipinski definition) is 1. The number of esters is 1. The summed E-state index contributed by atoms with van der Waals surface area (Å²) in [5, 5.41) is 3.02. The minimum atomic E-state index is -4.69. The zero-order valence-electron chi connectivity index (χ0n) is 45.1. The van der Waals surface area contributed by atoms with E-state index in [4.69, 9.17) is 13.8 Å². The van der Waals surface area contributed by atoms with Crippen molar-refractivity contribution in [2.24, 2.45) is 0 Å². The normalized spacial score (nSPS) is 14.0. The Morgan fingerprint density at radius 1 is 0.507 bits per heavy atom. The molecule has 0 aliphatic heterocycles. The van der Waals surface area contributed by atoms with Gasteiger partial charge in [-0.1, -0.05) is 238 Å². The van der Waals surface area contributed by atoms with E-state index in [1.54, 1.807) is 0 Å². The van der Waals surface area contributed by atoms with E-state index in [0.717, 1.165) is 83.5 Å². The van der Waals surface area contributed by atoms with Gasteiger partial charge in [-0.3, -0.25) is 14.2 Å². The summed E-state index contributed by atoms with van der Waals surface area (Å²) in [4.78, 5) is 39.8. The number of nitrogens with zero attached hydrogens (tertiary/aromatic N) is 1. The van der Waals surface area contributed by atoms with E-state index in [1.165, 1.54) is 161 Å². The molecule has 9 nitrogen and oxygen atoms in total. The summed E-state index contributed by atoms with van der Waals surface area (Å²) < 4.78 is 30.2. The molecule has 0 radical (unpaired) electrons. The van der Waals surface area contributed by atoms with Gasteiger partial charge in [-0.05, 0) is 51.0 Å². The van der Waals surface area contributed by atoms with Gasteiger partial charge in [0.2, 0.25) is 5.91 Å². The number of phosphoric acid groups is 1. The fraction of sp³-hybridized carbons (Fsp3) is 0.895. The zero-order chi connectivity index (χ0) is 49.4. The molecule has 1 N–H and O–H groups in total. The van der Waals surface area contributed by atoms with Crippen molar-refractivity contribution in [2.75, 3.05) is 40.9 Å². The quantitative estimate of drug-likeness (QED) is 0.0212. The Morgan fingerprint density at radius 3 is 1.31 bits per heavy atom. The maximum Gasteiger partial charge on any atom is 0.306 e. The lowest BCUT2D eigenvalue weighted by atomic mass is 10.0. The lowest BCUT2D eigenvalue weighted by Crippen LogP contribution is -2.47. The molecule has 0 saturated carbocycles. The first kappa shape index (κ1) is 65.5. The van der Waals surface area contributed by atoms with Crippen LogP contribution in [0.2, 0.25) is 0 Å². The maximum atomic E-state index is 13.5. The molecule has 0 saturated heterocycles. The number of unbranched alkanes of at least 4 members (excludes halogenated alkanes) is 34. The predicted octanol–water partition coefficient (Wildman–Crippen LogP) is 16.4. The molecule has 10 heteroatoms. The van der Waals surface area contributed by atoms with E-state index in [-0.39, 0.29) is 31.5 Å². The molecular formula is C57H111N2O7P. The van der Waals surface area contributed by atoms with E-state index >= 15 is 0 Å². The Labute approximate surface area is 415 Å². The zero-order valence-corrected chi connectivity index (χ0v) is 46.0. The number of likely N-dealkylation sites (N-methyl/N-ethyl adjacent to an activating group) is 1. The second-order valence-corrected chi connectivity index (χ2v) is 22.2. The van der Waals surface area contributed by atoms with Crippen LogP contribution >= 0.6 is 7.82 Å². The predicted molar refractivity (Wildman–Crippen MR) is 284 cm³/mol. The molecule has 3 unspecified atom stereocenters. The molecule has 67 heavy (non-hydrogen) atoms. The van der Waals surface area contributed by atoms with E-state index in [2.05, 4.69) is 38.2 Å². The maximum absolute atomic E-state index is 13.5. The molecule has 0 aromatic heterocycles. The van der Waals surface area contributed by atoms with Gasteiger partial charge in [-0.2, -0.15) is 0 Å². The summed E-state index contributed by atoms with van der Waals surface area (Å²) in [7, 11) is 1.19. The molecule has 0 aliphatic carbocycles. The highest BCUT2D eigenvalue weighted by Crippen LogP contribution is 2.38. The Balaban J connectivity index is 5.31. The van der Waals surface area contributed by atoms with Gasteiger partial charge in [-0.25, -0.2) is 0 Å². The van der Waals surface area contributed by atoms with Gasteiger partial charge in [0.25, 0.3) is 7.82 Å². The van der Waals surface area contributed by atoms with E-state index in [0.29, 0.717) is 17.4 Å². The van der Waals surface area contributed by atoms with Gasteiger partial charge in [0, 0.05) is 12.8 Å². The van der Waals surface area contributed by atoms with Crippen molar-refractivity contribution in [1.29, 1.82) is 0 Å². The summed E-state index contributed by atoms with van der Waals surface area (Å²) in [6.07, 6.45) is 54.2. The highest BCUT2D eigenvalue weighted by atomic mass is 31.2. The van der Waals surface area contributed by atoms with Crippen molar-refractivity contribution < 1.29 is 37.3 Å². The number of amides is 1. The minimum absolute atomic E-state index is 0.0203. The number of hydrogen-bond acceptors (Lipinski definition) is 7. The number of rotatable bonds is 52. The lowest BCUT2D eigenvalue weighted by Gasteiger charge is -2.30. The third kappa shape index (κ3) is 49.3. The highest BCUT2D eigenvalue weighted by molar-refractivity contribution is 7.45. The van der Waals surface area contributed by atoms with E-state index < -0.39 is 20.0 Å². The van der Waals surface area contributed by atoms with E-state index in [1.807, 2.05) is 33.3 Å². The van der Waals surface area contributed by atoms with Crippen LogP contribution in [0.25, 0.3) is 0 Å². The summed E-state index contributed by atoms with van der Waals surface area (Å²) in [6.45, 7) is 6.82. The molecule has 0 aromatic carbocycles. The fourth-order valence-electron chi connectivity index (χ4n) is 8.39. The average molecular weight is 967 g/mol. The van der Waals surface area contributed by atoms with Gasteiger partial charge in [0.1, 0.15) is 19.3 Å². The minimum Gasteiger partial charge on any atom is -0.756 e. The molecule has 0 rings (SSSR count). The van der Waals surface area contributed by atoms with Gasteiger partial charge in [0.05, 0.1) is 33.8 Å². The molecule has 0 aromatic rings. The Bertz CT molecular complexity index is 1210. The largest absolute Gasteiger partial charge is 0.756 e. The number of carbonyl (C=O) groups excluding carboxylic acids is 2. The van der Waals surface area contributed by atoms with Gasteiger partial charge in [-0.15, -0.1) is 0 Å². The Morgan fingerprint density at radius 2 is 0.881 bits per heavy atom. The number of allylic oxidation sites excluding steroid dienone is 3. The van der Waals surface area contributed by atoms with Crippen LogP contribution in [0.4, 0.5) is 0 Å². The molecule has 0 heterocycles. The fourth-order valence-corrected chi connectivity index (χ4v) is 9.11. The summed E-state index contributed by atoms with van der Waals surface area (Å²) in [6, 6.07) is -0.884. The number of quaternary nitrogens is 1. The van der Waals surface area contributed by atoms with Gasteiger partial charge in [0.15, 0.2) is 0 Å². The van der Waals surface area contributed by atoms with Crippen LogP contribution in [0.15, 0.2) is 24.3 Å². The third-order valence-electron chi connectivity index (χ3n) is 12.9. The molecular weight excluding hydrogens is 856 g/mol. The second kappa shape index (κ2) is 48.1. The molecule has 1 amide bonds. The number of carbonyl (C=O) groups is 2. The van der Waals surface area contributed by atoms with Crippen molar-refractivity contribution in [3.63, 3.8) is 0 Å². The molecule has 3 atom stereocenters. The number of nitrogens with one attached hydrogen (secondary N) is 1. The van der Waals surface area contributed by atoms with Crippen molar-refractivity contribution in [1.82, 2.24) is 5.32 Å². The highest BCUT2D eigenvalue weighted by Gasteiger charge is 2.27. The molecule has 0 bridgehead atoms. The number of ether oxygens (including phenoxy) is 1. The van der Waals surface area contributed by atoms with Crippen molar-refractivity contribution in [3.8, 4) is 0 Å². The van der Waals surface area contributed by atoms with Crippen LogP contribution < -0.4 is 10.2 Å². The van der Waals surface area contributed by atoms with Gasteiger partial charge >= 0.3 is 5.97 Å².